The Balaban J connectivity index is 0.00000192. The predicted molar refractivity (Wildman–Crippen MR) is 111 cm³/mol. The summed E-state index contributed by atoms with van der Waals surface area (Å²) < 4.78 is 11.9. The second-order valence-electron chi connectivity index (χ2n) is 8.89. The summed E-state index contributed by atoms with van der Waals surface area (Å²) in [6.45, 7) is 6.90. The van der Waals surface area contributed by atoms with E-state index in [-0.39, 0.29) is 36.4 Å². The molecule has 5 nitrogen and oxygen atoms in total. The van der Waals surface area contributed by atoms with Gasteiger partial charge in [0.25, 0.3) is 0 Å². The Labute approximate surface area is 173 Å². The fourth-order valence-corrected chi connectivity index (χ4v) is 5.20. The van der Waals surface area contributed by atoms with Gasteiger partial charge in [-0.05, 0) is 70.2 Å². The van der Waals surface area contributed by atoms with Crippen molar-refractivity contribution in [1.29, 1.82) is 0 Å². The number of carbonyl (C=O) groups excluding carboxylic acids is 1. The Kier molecular flexibility index (Phi) is 5.25. The van der Waals surface area contributed by atoms with E-state index in [1.54, 1.807) is 0 Å². The summed E-state index contributed by atoms with van der Waals surface area (Å²) >= 11 is 0. The maximum atomic E-state index is 12.8. The predicted octanol–water partition coefficient (Wildman–Crippen LogP) is 3.19. The van der Waals surface area contributed by atoms with Crippen molar-refractivity contribution in [3.8, 4) is 11.5 Å². The van der Waals surface area contributed by atoms with Gasteiger partial charge < -0.3 is 20.1 Å². The van der Waals surface area contributed by atoms with Crippen LogP contribution in [0.5, 0.6) is 11.5 Å². The van der Waals surface area contributed by atoms with Crippen LogP contribution in [0.2, 0.25) is 0 Å². The van der Waals surface area contributed by atoms with Gasteiger partial charge in [-0.1, -0.05) is 0 Å². The molecule has 1 spiro atoms. The number of carbonyl (C=O) groups is 1. The smallest absolute Gasteiger partial charge is 0.223 e. The van der Waals surface area contributed by atoms with Gasteiger partial charge in [0.1, 0.15) is 17.6 Å². The van der Waals surface area contributed by atoms with E-state index in [4.69, 9.17) is 9.47 Å². The molecule has 6 heteroatoms. The van der Waals surface area contributed by atoms with Crippen molar-refractivity contribution >= 4 is 18.3 Å². The molecular formula is C22H31ClN2O3. The van der Waals surface area contributed by atoms with Crippen molar-refractivity contribution < 1.29 is 14.3 Å². The molecule has 4 atom stereocenters. The molecule has 0 aromatic heterocycles. The van der Waals surface area contributed by atoms with Gasteiger partial charge in [-0.2, -0.15) is 0 Å². The number of fused-ring (bicyclic) bond motifs is 1. The van der Waals surface area contributed by atoms with Gasteiger partial charge in [-0.25, -0.2) is 0 Å². The first-order chi connectivity index (χ1) is 13.1. The largest absolute Gasteiger partial charge is 0.494 e. The van der Waals surface area contributed by atoms with E-state index in [2.05, 4.69) is 29.7 Å². The summed E-state index contributed by atoms with van der Waals surface area (Å²) in [7, 11) is 0. The number of halogens is 1. The molecule has 5 rings (SSSR count). The van der Waals surface area contributed by atoms with E-state index in [0.29, 0.717) is 17.9 Å². The Hall–Kier alpha value is -1.46. The first kappa shape index (κ1) is 19.8. The molecule has 1 aromatic rings. The highest BCUT2D eigenvalue weighted by atomic mass is 35.5. The monoisotopic (exact) mass is 406 g/mol. The van der Waals surface area contributed by atoms with Crippen LogP contribution in [0, 0.1) is 11.3 Å². The van der Waals surface area contributed by atoms with Crippen LogP contribution >= 0.6 is 12.4 Å². The van der Waals surface area contributed by atoms with Crippen LogP contribution in [0.4, 0.5) is 0 Å². The summed E-state index contributed by atoms with van der Waals surface area (Å²) in [5.41, 5.74) is 2.73. The molecule has 1 saturated heterocycles. The van der Waals surface area contributed by atoms with Gasteiger partial charge in [-0.15, -0.1) is 12.4 Å². The fourth-order valence-electron chi connectivity index (χ4n) is 5.20. The topological polar surface area (TPSA) is 59.6 Å². The van der Waals surface area contributed by atoms with Crippen LogP contribution in [0.25, 0.3) is 0 Å². The average Bonchev–Trinajstić information content (AvgIpc) is 3.52. The van der Waals surface area contributed by atoms with Gasteiger partial charge >= 0.3 is 0 Å². The maximum absolute atomic E-state index is 12.8. The summed E-state index contributed by atoms with van der Waals surface area (Å²) in [5, 5.41) is 6.73. The van der Waals surface area contributed by atoms with E-state index < -0.39 is 0 Å². The quantitative estimate of drug-likeness (QED) is 0.788. The molecule has 0 radical (unpaired) electrons. The molecule has 2 aliphatic heterocycles. The first-order valence-electron chi connectivity index (χ1n) is 10.6. The Morgan fingerprint density at radius 2 is 2.14 bits per heavy atom. The number of hydrogen-bond donors (Lipinski definition) is 2. The molecule has 1 aromatic carbocycles. The summed E-state index contributed by atoms with van der Waals surface area (Å²) in [6, 6.07) is 4.55. The Morgan fingerprint density at radius 3 is 2.89 bits per heavy atom. The zero-order valence-corrected chi connectivity index (χ0v) is 17.6. The van der Waals surface area contributed by atoms with Crippen LogP contribution in [0.15, 0.2) is 12.1 Å². The minimum atomic E-state index is 0. The second kappa shape index (κ2) is 7.42. The highest BCUT2D eigenvalue weighted by Crippen LogP contribution is 2.59. The zero-order chi connectivity index (χ0) is 18.6. The van der Waals surface area contributed by atoms with Crippen LogP contribution in [-0.4, -0.2) is 37.7 Å². The minimum Gasteiger partial charge on any atom is -0.494 e. The standard InChI is InChI=1S/C22H30N2O3.ClH/c1-3-26-20-9-14-8-13(2)27-19(14)11-16(20)15-10-18(15)24-21(25)17-12-22(17)4-6-23-7-5-22;/h9,11,13,15,17-18,23H,3-8,10,12H2,1-2H3,(H,24,25);1H. The summed E-state index contributed by atoms with van der Waals surface area (Å²) in [6.07, 6.45) is 5.55. The van der Waals surface area contributed by atoms with Gasteiger partial charge in [0.2, 0.25) is 5.91 Å². The van der Waals surface area contributed by atoms with Crippen molar-refractivity contribution in [3.63, 3.8) is 0 Å². The molecule has 2 aliphatic carbocycles. The molecule has 0 bridgehead atoms. The van der Waals surface area contributed by atoms with Gasteiger partial charge in [0, 0.05) is 35.4 Å². The van der Waals surface area contributed by atoms with E-state index in [0.717, 1.165) is 56.7 Å². The lowest BCUT2D eigenvalue weighted by Gasteiger charge is -2.23. The normalized spacial score (nSPS) is 31.4. The molecular weight excluding hydrogens is 376 g/mol. The Bertz CT molecular complexity index is 762. The lowest BCUT2D eigenvalue weighted by atomic mass is 9.92. The van der Waals surface area contributed by atoms with E-state index in [1.807, 2.05) is 6.92 Å². The average molecular weight is 407 g/mol. The molecule has 4 aliphatic rings. The number of nitrogens with one attached hydrogen (secondary N) is 2. The third-order valence-corrected chi connectivity index (χ3v) is 6.95. The van der Waals surface area contributed by atoms with Crippen molar-refractivity contribution in [3.05, 3.63) is 23.3 Å². The fraction of sp³-hybridized carbons (Fsp3) is 0.682. The minimum absolute atomic E-state index is 0. The van der Waals surface area contributed by atoms with Gasteiger partial charge in [-0.3, -0.25) is 4.79 Å². The summed E-state index contributed by atoms with van der Waals surface area (Å²) in [4.78, 5) is 12.8. The van der Waals surface area contributed by atoms with Crippen LogP contribution < -0.4 is 20.1 Å². The van der Waals surface area contributed by atoms with E-state index in [9.17, 15) is 4.79 Å². The molecule has 2 saturated carbocycles. The highest BCUT2D eigenvalue weighted by Gasteiger charge is 2.58. The van der Waals surface area contributed by atoms with Crippen molar-refractivity contribution in [1.82, 2.24) is 10.6 Å². The Morgan fingerprint density at radius 1 is 1.36 bits per heavy atom. The first-order valence-corrected chi connectivity index (χ1v) is 10.6. The number of piperidine rings is 1. The molecule has 4 unspecified atom stereocenters. The SMILES string of the molecule is CCOc1cc2c(cc1C1CC1NC(=O)C1CC13CCNCC3)OC(C)C2.Cl. The molecule has 2 heterocycles. The van der Waals surface area contributed by atoms with Crippen LogP contribution in [0.3, 0.4) is 0 Å². The lowest BCUT2D eigenvalue weighted by Crippen LogP contribution is -2.34. The van der Waals surface area contributed by atoms with Crippen LogP contribution in [0.1, 0.15) is 56.6 Å². The molecule has 154 valence electrons. The second-order valence-corrected chi connectivity index (χ2v) is 8.89. The number of benzene rings is 1. The number of ether oxygens (including phenoxy) is 2. The molecule has 2 N–H and O–H groups in total. The van der Waals surface area contributed by atoms with Gasteiger partial charge in [0.05, 0.1) is 6.61 Å². The lowest BCUT2D eigenvalue weighted by molar-refractivity contribution is -0.123. The van der Waals surface area contributed by atoms with E-state index >= 15 is 0 Å². The molecule has 3 fully saturated rings. The van der Waals surface area contributed by atoms with Crippen molar-refractivity contribution in [2.75, 3.05) is 19.7 Å². The zero-order valence-electron chi connectivity index (χ0n) is 16.8. The highest BCUT2D eigenvalue weighted by molar-refractivity contribution is 5.85. The number of amides is 1. The van der Waals surface area contributed by atoms with Crippen molar-refractivity contribution in [2.24, 2.45) is 11.3 Å². The molecule has 28 heavy (non-hydrogen) atoms. The van der Waals surface area contributed by atoms with Crippen molar-refractivity contribution in [2.45, 2.75) is 64.0 Å². The van der Waals surface area contributed by atoms with Crippen LogP contribution in [-0.2, 0) is 11.2 Å². The molecule has 1 amide bonds. The van der Waals surface area contributed by atoms with E-state index in [1.165, 1.54) is 11.1 Å². The van der Waals surface area contributed by atoms with Gasteiger partial charge in [0.15, 0.2) is 0 Å². The third-order valence-electron chi connectivity index (χ3n) is 6.95. The third kappa shape index (κ3) is 3.48. The number of hydrogen-bond acceptors (Lipinski definition) is 4. The maximum Gasteiger partial charge on any atom is 0.223 e. The summed E-state index contributed by atoms with van der Waals surface area (Å²) in [5.74, 6) is 2.82. The number of rotatable bonds is 5.